The zero-order valence-electron chi connectivity index (χ0n) is 77.4. The molecule has 0 aliphatic rings. The van der Waals surface area contributed by atoms with Gasteiger partial charge in [-0.25, -0.2) is 14.4 Å². The Morgan fingerprint density at radius 2 is 0.283 bits per heavy atom. The quantitative estimate of drug-likeness (QED) is 0.0276. The van der Waals surface area contributed by atoms with E-state index in [0.29, 0.717) is 51.2 Å². The van der Waals surface area contributed by atoms with Crippen molar-refractivity contribution in [1.29, 1.82) is 0 Å². The van der Waals surface area contributed by atoms with Crippen LogP contribution in [-0.2, 0) is 73.7 Å². The Balaban J connectivity index is 0.611. The predicted molar refractivity (Wildman–Crippen MR) is 556 cm³/mol. The molecule has 22 aromatic rings. The second kappa shape index (κ2) is 37.2. The monoisotopic (exact) mass is 1800 g/mol. The van der Waals surface area contributed by atoms with Crippen molar-refractivity contribution in [2.75, 3.05) is 0 Å². The number of aryl methyl sites for hydroxylation is 6. The van der Waals surface area contributed by atoms with Crippen LogP contribution < -0.4 is 28.4 Å². The first kappa shape index (κ1) is 86.6. The summed E-state index contributed by atoms with van der Waals surface area (Å²) in [4.78, 5) is 46.4. The molecule has 0 aliphatic heterocycles. The van der Waals surface area contributed by atoms with Gasteiger partial charge in [-0.05, 0) is 275 Å². The van der Waals surface area contributed by atoms with Crippen molar-refractivity contribution >= 4 is 147 Å². The third-order valence-corrected chi connectivity index (χ3v) is 27.7. The van der Waals surface area contributed by atoms with E-state index in [9.17, 15) is 0 Å². The number of carbonyl (C=O) groups is 3. The van der Waals surface area contributed by atoms with Gasteiger partial charge in [0.05, 0.1) is 16.7 Å². The highest BCUT2D eigenvalue weighted by Crippen LogP contribution is 2.43. The van der Waals surface area contributed by atoms with Gasteiger partial charge < -0.3 is 42.6 Å². The van der Waals surface area contributed by atoms with Gasteiger partial charge in [0.2, 0.25) is 0 Å². The lowest BCUT2D eigenvalue weighted by atomic mass is 9.93. The van der Waals surface area contributed by atoms with Crippen LogP contribution in [0.3, 0.4) is 0 Å². The first-order valence-electron chi connectivity index (χ1n) is 46.8. The second-order valence-corrected chi connectivity index (χ2v) is 35.9. The molecule has 0 saturated carbocycles. The lowest BCUT2D eigenvalue weighted by molar-refractivity contribution is 0.0466. The predicted octanol–water partition coefficient (Wildman–Crippen LogP) is 30.9. The molecule has 138 heavy (non-hydrogen) atoms. The van der Waals surface area contributed by atoms with Crippen LogP contribution in [0.15, 0.2) is 364 Å². The van der Waals surface area contributed by atoms with E-state index in [1.54, 1.807) is 0 Å². The Morgan fingerprint density at radius 1 is 0.159 bits per heavy atom. The average Bonchev–Trinajstić information content (AvgIpc) is 0.784. The maximum Gasteiger partial charge on any atom is 0.338 e. The molecule has 22 aromatic carbocycles. The van der Waals surface area contributed by atoms with Gasteiger partial charge >= 0.3 is 17.9 Å². The van der Waals surface area contributed by atoms with Gasteiger partial charge in [0.25, 0.3) is 0 Å². The molecule has 0 heterocycles. The van der Waals surface area contributed by atoms with Crippen molar-refractivity contribution in [3.8, 4) is 34.5 Å². The van der Waals surface area contributed by atoms with Crippen LogP contribution in [0.25, 0.3) is 129 Å². The fraction of sp³-hybridized carbons (Fsp3) is 0.119. The SMILES string of the molecule is Cc1c2ccccc2c(COc2cc(COC(=O)c3cc(C(=O)OCc4cc(OCc5c6ccccc6c(C)c6ccccc56)cc(OCc5c6ccccc6c(C)c6ccccc56)c4)cc(C(=O)OCc4cc(OCc5c6ccccc6c(C)c6ccccc56)cc(OCc5c6ccccc6c(C)c6ccccc56)c4)c3)cc(OCc3c4ccccc4c(C)c4ccccc34)c2)c2ccccc12. The van der Waals surface area contributed by atoms with Gasteiger partial charge in [-0.2, -0.15) is 0 Å². The molecule has 12 heteroatoms. The lowest BCUT2D eigenvalue weighted by Crippen LogP contribution is -2.14. The Morgan fingerprint density at radius 3 is 0.413 bits per heavy atom. The minimum atomic E-state index is -0.854. The Kier molecular flexibility index (Phi) is 23.3. The normalized spacial score (nSPS) is 11.6. The zero-order chi connectivity index (χ0) is 93.6. The van der Waals surface area contributed by atoms with Crippen LogP contribution in [0, 0.1) is 41.5 Å². The number of hydrogen-bond donors (Lipinski definition) is 0. The molecule has 0 bridgehead atoms. The molecule has 0 aromatic heterocycles. The molecule has 0 spiro atoms. The van der Waals surface area contributed by atoms with E-state index in [4.69, 9.17) is 42.6 Å². The third kappa shape index (κ3) is 16.6. The van der Waals surface area contributed by atoms with Crippen molar-refractivity contribution in [3.05, 3.63) is 464 Å². The average molecular weight is 1800 g/mol. The lowest BCUT2D eigenvalue weighted by Gasteiger charge is -2.18. The fourth-order valence-corrected chi connectivity index (χ4v) is 20.8. The standard InChI is InChI=1S/C126H96O12/c1-76-94-31-7-19-43-106(94)118(107-44-20-8-32-95(76)107)70-130-88-55-82(56-89(64-88)131-71-119-108-45-21-9-33-96(108)77(2)97-34-10-22-46-109(97)119)67-136-124(127)85-61-86(125(128)137-68-83-57-90(132-72-120-110-47-23-11-35-98(110)78(3)99-36-12-24-48-111(99)120)65-91(58-83)133-73-121-112-49-25-13-37-100(112)79(4)101-38-14-26-50-113(101)121)63-87(62-85)126(129)138-69-84-59-92(134-74-122-114-51-27-15-39-102(114)80(5)103-40-16-28-52-115(103)122)66-93(60-84)135-75-123-116-53-29-17-41-104(116)81(6)105-42-18-30-54-117(105)123/h7-66H,67-75H2,1-6H3. The van der Waals surface area contributed by atoms with Crippen LogP contribution in [0.1, 0.15) is 115 Å². The molecular formula is C126H96O12. The van der Waals surface area contributed by atoms with E-state index >= 15 is 14.4 Å². The maximum absolute atomic E-state index is 15.5. The van der Waals surface area contributed by atoms with Gasteiger partial charge in [0.15, 0.2) is 0 Å². The summed E-state index contributed by atoms with van der Waals surface area (Å²) >= 11 is 0. The van der Waals surface area contributed by atoms with E-state index in [0.717, 1.165) is 163 Å². The number of ether oxygens (including phenoxy) is 9. The van der Waals surface area contributed by atoms with Crippen LogP contribution in [0.4, 0.5) is 0 Å². The molecule has 0 N–H and O–H groups in total. The molecule has 12 nitrogen and oxygen atoms in total. The van der Waals surface area contributed by atoms with Crippen molar-refractivity contribution < 1.29 is 57.0 Å². The summed E-state index contributed by atoms with van der Waals surface area (Å²) in [5.74, 6) is 0.250. The maximum atomic E-state index is 15.5. The van der Waals surface area contributed by atoms with Gasteiger partial charge in [-0.15, -0.1) is 0 Å². The van der Waals surface area contributed by atoms with Crippen molar-refractivity contribution in [3.63, 3.8) is 0 Å². The minimum absolute atomic E-state index is 0.131. The van der Waals surface area contributed by atoms with Crippen molar-refractivity contribution in [2.45, 2.75) is 101 Å². The molecule has 0 aliphatic carbocycles. The molecule has 0 radical (unpaired) electrons. The Labute approximate surface area is 798 Å². The highest BCUT2D eigenvalue weighted by molar-refractivity contribution is 6.12. The van der Waals surface area contributed by atoms with Crippen LogP contribution in [-0.4, -0.2) is 17.9 Å². The van der Waals surface area contributed by atoms with Crippen LogP contribution >= 0.6 is 0 Å². The first-order valence-corrected chi connectivity index (χ1v) is 46.8. The van der Waals surface area contributed by atoms with E-state index in [1.807, 2.05) is 127 Å². The fourth-order valence-electron chi connectivity index (χ4n) is 20.8. The van der Waals surface area contributed by atoms with Gasteiger partial charge in [0, 0.05) is 51.6 Å². The number of esters is 3. The number of hydrogen-bond acceptors (Lipinski definition) is 12. The summed E-state index contributed by atoms with van der Waals surface area (Å²) in [6.45, 7) is 13.2. The number of rotatable bonds is 27. The molecule has 0 unspecified atom stereocenters. The highest BCUT2D eigenvalue weighted by atomic mass is 16.5. The minimum Gasteiger partial charge on any atom is -0.489 e. The summed E-state index contributed by atoms with van der Waals surface area (Å²) in [5, 5.41) is 26.4. The summed E-state index contributed by atoms with van der Waals surface area (Å²) in [7, 11) is 0. The topological polar surface area (TPSA) is 134 Å². The number of benzene rings is 22. The summed E-state index contributed by atoms with van der Waals surface area (Å²) < 4.78 is 60.9. The second-order valence-electron chi connectivity index (χ2n) is 35.9. The van der Waals surface area contributed by atoms with E-state index in [2.05, 4.69) is 260 Å². The molecule has 0 saturated heterocycles. The summed E-state index contributed by atoms with van der Waals surface area (Å²) in [6.07, 6.45) is 0. The Hall–Kier alpha value is -16.8. The highest BCUT2D eigenvalue weighted by Gasteiger charge is 2.26. The zero-order valence-corrected chi connectivity index (χ0v) is 77.4. The smallest absolute Gasteiger partial charge is 0.338 e. The van der Waals surface area contributed by atoms with Gasteiger partial charge in [0.1, 0.15) is 94.0 Å². The molecule has 0 atom stereocenters. The largest absolute Gasteiger partial charge is 0.489 e. The van der Waals surface area contributed by atoms with Crippen molar-refractivity contribution in [1.82, 2.24) is 0 Å². The molecule has 0 amide bonds. The number of carbonyl (C=O) groups excluding carboxylic acids is 3. The molecular weight excluding hydrogens is 1710 g/mol. The summed E-state index contributed by atoms with van der Waals surface area (Å²) in [5.41, 5.74) is 14.4. The number of fused-ring (bicyclic) bond motifs is 12. The van der Waals surface area contributed by atoms with E-state index in [-0.39, 0.29) is 76.2 Å². The van der Waals surface area contributed by atoms with E-state index < -0.39 is 17.9 Å². The van der Waals surface area contributed by atoms with Crippen LogP contribution in [0.2, 0.25) is 0 Å². The Bertz CT molecular complexity index is 7110. The van der Waals surface area contributed by atoms with Gasteiger partial charge in [-0.3, -0.25) is 0 Å². The van der Waals surface area contributed by atoms with Crippen molar-refractivity contribution in [2.24, 2.45) is 0 Å². The first-order chi connectivity index (χ1) is 67.6. The molecule has 0 fully saturated rings. The summed E-state index contributed by atoms with van der Waals surface area (Å²) in [6, 6.07) is 121. The van der Waals surface area contributed by atoms with E-state index in [1.165, 1.54) is 51.6 Å². The molecule has 22 rings (SSSR count). The van der Waals surface area contributed by atoms with Gasteiger partial charge in [-0.1, -0.05) is 291 Å². The van der Waals surface area contributed by atoms with Crippen LogP contribution in [0.5, 0.6) is 34.5 Å². The molecule has 672 valence electrons. The third-order valence-electron chi connectivity index (χ3n) is 27.7.